The lowest BCUT2D eigenvalue weighted by molar-refractivity contribution is 0.423. The molecule has 1 saturated carbocycles. The van der Waals surface area contributed by atoms with Gasteiger partial charge in [0.2, 0.25) is 0 Å². The third kappa shape index (κ3) is 2.43. The molecule has 0 saturated heterocycles. The minimum absolute atomic E-state index is 0.0108. The second-order valence-corrected chi connectivity index (χ2v) is 5.25. The topological polar surface area (TPSA) is 48.0 Å². The van der Waals surface area contributed by atoms with Crippen molar-refractivity contribution >= 4 is 21.6 Å². The number of rotatable bonds is 3. The van der Waals surface area contributed by atoms with Crippen molar-refractivity contribution in [2.45, 2.75) is 26.3 Å². The molecule has 1 unspecified atom stereocenters. The van der Waals surface area contributed by atoms with Crippen molar-refractivity contribution in [3.8, 4) is 0 Å². The van der Waals surface area contributed by atoms with Gasteiger partial charge in [-0.1, -0.05) is 6.92 Å². The zero-order valence-electron chi connectivity index (χ0n) is 8.74. The molecule has 1 fully saturated rings. The van der Waals surface area contributed by atoms with Crippen LogP contribution in [0.3, 0.4) is 0 Å². The van der Waals surface area contributed by atoms with Crippen LogP contribution >= 0.6 is 15.9 Å². The van der Waals surface area contributed by atoms with E-state index in [2.05, 4.69) is 22.9 Å². The molecule has 1 aliphatic rings. The normalized spacial score (nSPS) is 17.7. The van der Waals surface area contributed by atoms with Crippen molar-refractivity contribution in [1.29, 1.82) is 0 Å². The summed E-state index contributed by atoms with van der Waals surface area (Å²) < 4.78 is 2.26. The Morgan fingerprint density at radius 2 is 2.33 bits per heavy atom. The van der Waals surface area contributed by atoms with Crippen molar-refractivity contribution in [2.24, 2.45) is 11.8 Å². The van der Waals surface area contributed by atoms with E-state index >= 15 is 0 Å². The van der Waals surface area contributed by atoms with Gasteiger partial charge in [-0.25, -0.2) is 0 Å². The summed E-state index contributed by atoms with van der Waals surface area (Å²) in [5.41, 5.74) is 6.35. The van der Waals surface area contributed by atoms with E-state index in [0.29, 0.717) is 16.1 Å². The lowest BCUT2D eigenvalue weighted by Gasteiger charge is -2.13. The van der Waals surface area contributed by atoms with Gasteiger partial charge in [-0.05, 0) is 46.7 Å². The van der Waals surface area contributed by atoms with E-state index in [-0.39, 0.29) is 5.56 Å². The summed E-state index contributed by atoms with van der Waals surface area (Å²) in [6.07, 6.45) is 4.34. The molecule has 0 aromatic carbocycles. The van der Waals surface area contributed by atoms with Gasteiger partial charge in [0.15, 0.2) is 0 Å². The summed E-state index contributed by atoms with van der Waals surface area (Å²) >= 11 is 3.23. The number of pyridine rings is 1. The third-order valence-corrected chi connectivity index (χ3v) is 3.54. The molecule has 2 N–H and O–H groups in total. The smallest absolute Gasteiger partial charge is 0.264 e. The van der Waals surface area contributed by atoms with E-state index in [1.54, 1.807) is 16.8 Å². The molecule has 4 heteroatoms. The largest absolute Gasteiger partial charge is 0.398 e. The van der Waals surface area contributed by atoms with Gasteiger partial charge < -0.3 is 10.3 Å². The fraction of sp³-hybridized carbons (Fsp3) is 0.545. The fourth-order valence-electron chi connectivity index (χ4n) is 1.88. The van der Waals surface area contributed by atoms with Crippen molar-refractivity contribution in [1.82, 2.24) is 4.57 Å². The highest BCUT2D eigenvalue weighted by Gasteiger charge is 2.28. The van der Waals surface area contributed by atoms with Gasteiger partial charge in [-0.15, -0.1) is 0 Å². The number of nitrogen functional groups attached to an aromatic ring is 1. The lowest BCUT2D eigenvalue weighted by atomic mass is 10.1. The Bertz CT molecular complexity index is 423. The lowest BCUT2D eigenvalue weighted by Crippen LogP contribution is -2.24. The van der Waals surface area contributed by atoms with Crippen LogP contribution in [0.1, 0.15) is 19.8 Å². The molecule has 3 nitrogen and oxygen atoms in total. The highest BCUT2D eigenvalue weighted by atomic mass is 79.9. The first-order chi connectivity index (χ1) is 7.08. The van der Waals surface area contributed by atoms with Crippen LogP contribution in [0, 0.1) is 11.8 Å². The van der Waals surface area contributed by atoms with Gasteiger partial charge in [0.25, 0.3) is 5.56 Å². The molecule has 0 bridgehead atoms. The van der Waals surface area contributed by atoms with Crippen molar-refractivity contribution in [2.75, 3.05) is 5.73 Å². The minimum atomic E-state index is 0.0108. The maximum absolute atomic E-state index is 11.8. The number of anilines is 1. The summed E-state index contributed by atoms with van der Waals surface area (Å²) in [5, 5.41) is 0. The van der Waals surface area contributed by atoms with Gasteiger partial charge in [-0.2, -0.15) is 0 Å². The summed E-state index contributed by atoms with van der Waals surface area (Å²) in [5.74, 6) is 1.37. The number of halogens is 1. The molecule has 82 valence electrons. The zero-order valence-corrected chi connectivity index (χ0v) is 10.3. The predicted octanol–water partition coefficient (Wildman–Crippen LogP) is 2.24. The summed E-state index contributed by atoms with van der Waals surface area (Å²) in [6, 6.07) is 1.65. The van der Waals surface area contributed by atoms with Crippen LogP contribution in [0.25, 0.3) is 0 Å². The quantitative estimate of drug-likeness (QED) is 0.916. The maximum Gasteiger partial charge on any atom is 0.264 e. The average molecular weight is 271 g/mol. The van der Waals surface area contributed by atoms with Crippen LogP contribution in [0.5, 0.6) is 0 Å². The monoisotopic (exact) mass is 270 g/mol. The zero-order chi connectivity index (χ0) is 11.0. The first-order valence-corrected chi connectivity index (χ1v) is 6.02. The van der Waals surface area contributed by atoms with E-state index in [4.69, 9.17) is 5.73 Å². The number of nitrogens with zero attached hydrogens (tertiary/aromatic N) is 1. The van der Waals surface area contributed by atoms with E-state index < -0.39 is 0 Å². The Morgan fingerprint density at radius 3 is 2.93 bits per heavy atom. The number of nitrogens with two attached hydrogens (primary N) is 1. The summed E-state index contributed by atoms with van der Waals surface area (Å²) in [6.45, 7) is 2.97. The van der Waals surface area contributed by atoms with Crippen LogP contribution in [0.15, 0.2) is 21.5 Å². The standard InChI is InChI=1S/C11H15BrN2O/c1-7(8-2-3-8)5-14-6-9(13)4-10(12)11(14)15/h4,6-8H,2-3,5,13H2,1H3. The molecule has 1 atom stereocenters. The molecule has 15 heavy (non-hydrogen) atoms. The first-order valence-electron chi connectivity index (χ1n) is 5.23. The number of aromatic nitrogens is 1. The summed E-state index contributed by atoms with van der Waals surface area (Å²) in [7, 11) is 0. The van der Waals surface area contributed by atoms with Crippen molar-refractivity contribution in [3.63, 3.8) is 0 Å². The SMILES string of the molecule is CC(Cn1cc(N)cc(Br)c1=O)C1CC1. The van der Waals surface area contributed by atoms with Crippen molar-refractivity contribution in [3.05, 3.63) is 27.1 Å². The predicted molar refractivity (Wildman–Crippen MR) is 64.7 cm³/mol. The van der Waals surface area contributed by atoms with Gasteiger partial charge in [0, 0.05) is 18.4 Å². The number of hydrogen-bond acceptors (Lipinski definition) is 2. The number of hydrogen-bond donors (Lipinski definition) is 1. The van der Waals surface area contributed by atoms with Gasteiger partial charge in [0.1, 0.15) is 0 Å². The Labute approximate surface area is 97.4 Å². The molecule has 2 rings (SSSR count). The van der Waals surface area contributed by atoms with E-state index in [1.165, 1.54) is 12.8 Å². The minimum Gasteiger partial charge on any atom is -0.398 e. The van der Waals surface area contributed by atoms with Crippen LogP contribution in [-0.2, 0) is 6.54 Å². The highest BCUT2D eigenvalue weighted by Crippen LogP contribution is 2.37. The van der Waals surface area contributed by atoms with Crippen LogP contribution in [-0.4, -0.2) is 4.57 Å². The first kappa shape index (κ1) is 10.7. The molecule has 1 aromatic heterocycles. The highest BCUT2D eigenvalue weighted by molar-refractivity contribution is 9.10. The maximum atomic E-state index is 11.8. The molecule has 1 aromatic rings. The van der Waals surface area contributed by atoms with E-state index in [1.807, 2.05) is 0 Å². The van der Waals surface area contributed by atoms with Crippen LogP contribution in [0.2, 0.25) is 0 Å². The second kappa shape index (κ2) is 4.00. The van der Waals surface area contributed by atoms with Crippen LogP contribution < -0.4 is 11.3 Å². The third-order valence-electron chi connectivity index (χ3n) is 2.97. The molecule has 1 heterocycles. The van der Waals surface area contributed by atoms with Gasteiger partial charge in [-0.3, -0.25) is 4.79 Å². The molecule has 0 aliphatic heterocycles. The Kier molecular flexibility index (Phi) is 2.87. The molecular formula is C11H15BrN2O. The van der Waals surface area contributed by atoms with Gasteiger partial charge in [0.05, 0.1) is 4.47 Å². The second-order valence-electron chi connectivity index (χ2n) is 4.39. The molecule has 1 aliphatic carbocycles. The average Bonchev–Trinajstić information content (AvgIpc) is 2.96. The summed E-state index contributed by atoms with van der Waals surface area (Å²) in [4.78, 5) is 11.8. The van der Waals surface area contributed by atoms with E-state index in [0.717, 1.165) is 12.5 Å². The molecule has 0 amide bonds. The fourth-order valence-corrected chi connectivity index (χ4v) is 2.37. The Morgan fingerprint density at radius 1 is 1.67 bits per heavy atom. The molecular weight excluding hydrogens is 256 g/mol. The van der Waals surface area contributed by atoms with E-state index in [9.17, 15) is 4.79 Å². The Hall–Kier alpha value is -0.770. The van der Waals surface area contributed by atoms with Crippen LogP contribution in [0.4, 0.5) is 5.69 Å². The molecule has 0 spiro atoms. The molecule has 0 radical (unpaired) electrons. The van der Waals surface area contributed by atoms with Crippen molar-refractivity contribution < 1.29 is 0 Å². The van der Waals surface area contributed by atoms with Gasteiger partial charge >= 0.3 is 0 Å². The Balaban J connectivity index is 2.23.